The molecule has 0 heterocycles. The first-order valence-corrected chi connectivity index (χ1v) is 5.54. The number of hydrogen-bond acceptors (Lipinski definition) is 2. The lowest BCUT2D eigenvalue weighted by molar-refractivity contribution is 0.416. The highest BCUT2D eigenvalue weighted by molar-refractivity contribution is 5.54. The van der Waals surface area contributed by atoms with Crippen molar-refractivity contribution in [2.24, 2.45) is 11.1 Å². The van der Waals surface area contributed by atoms with E-state index in [1.807, 2.05) is 18.0 Å². The van der Waals surface area contributed by atoms with Crippen LogP contribution < -0.4 is 10.6 Å². The molecular formula is C13H21FN2. The quantitative estimate of drug-likeness (QED) is 0.855. The molecule has 16 heavy (non-hydrogen) atoms. The topological polar surface area (TPSA) is 29.3 Å². The third-order valence-corrected chi connectivity index (χ3v) is 2.38. The number of para-hydroxylation sites is 1. The second-order valence-electron chi connectivity index (χ2n) is 5.37. The summed E-state index contributed by atoms with van der Waals surface area (Å²) in [5, 5.41) is 0. The summed E-state index contributed by atoms with van der Waals surface area (Å²) in [7, 11) is 1.91. The van der Waals surface area contributed by atoms with Crippen LogP contribution >= 0.6 is 0 Å². The summed E-state index contributed by atoms with van der Waals surface area (Å²) < 4.78 is 13.8. The Balaban J connectivity index is 3.02. The summed E-state index contributed by atoms with van der Waals surface area (Å²) in [6.07, 6.45) is 0. The summed E-state index contributed by atoms with van der Waals surface area (Å²) in [6, 6.07) is 5.05. The van der Waals surface area contributed by atoms with E-state index in [1.165, 1.54) is 6.07 Å². The average molecular weight is 224 g/mol. The van der Waals surface area contributed by atoms with Crippen LogP contribution in [-0.2, 0) is 6.54 Å². The normalized spacial score (nSPS) is 11.6. The van der Waals surface area contributed by atoms with Crippen LogP contribution in [0.15, 0.2) is 18.2 Å². The molecule has 90 valence electrons. The monoisotopic (exact) mass is 224 g/mol. The predicted octanol–water partition coefficient (Wildman–Crippen LogP) is 2.77. The van der Waals surface area contributed by atoms with Gasteiger partial charge in [0.2, 0.25) is 0 Å². The van der Waals surface area contributed by atoms with E-state index in [9.17, 15) is 4.39 Å². The van der Waals surface area contributed by atoms with Gasteiger partial charge in [-0.2, -0.15) is 0 Å². The van der Waals surface area contributed by atoms with Crippen molar-refractivity contribution < 1.29 is 4.39 Å². The molecule has 0 aliphatic rings. The molecule has 0 amide bonds. The fraction of sp³-hybridized carbons (Fsp3) is 0.538. The van der Waals surface area contributed by atoms with Crippen LogP contribution in [0.2, 0.25) is 0 Å². The van der Waals surface area contributed by atoms with Crippen LogP contribution in [0.3, 0.4) is 0 Å². The Morgan fingerprint density at radius 1 is 1.31 bits per heavy atom. The first-order valence-electron chi connectivity index (χ1n) is 5.54. The van der Waals surface area contributed by atoms with Crippen LogP contribution in [0.5, 0.6) is 0 Å². The molecule has 0 saturated heterocycles. The Kier molecular flexibility index (Phi) is 3.92. The summed E-state index contributed by atoms with van der Waals surface area (Å²) in [6.45, 7) is 7.55. The first-order chi connectivity index (χ1) is 7.35. The van der Waals surface area contributed by atoms with Gasteiger partial charge in [-0.1, -0.05) is 32.9 Å². The molecule has 0 aliphatic heterocycles. The lowest BCUT2D eigenvalue weighted by Crippen LogP contribution is -2.30. The van der Waals surface area contributed by atoms with E-state index in [1.54, 1.807) is 6.07 Å². The van der Waals surface area contributed by atoms with Crippen molar-refractivity contribution in [3.8, 4) is 0 Å². The van der Waals surface area contributed by atoms with Gasteiger partial charge in [0.1, 0.15) is 5.82 Å². The zero-order valence-electron chi connectivity index (χ0n) is 10.5. The van der Waals surface area contributed by atoms with E-state index < -0.39 is 0 Å². The van der Waals surface area contributed by atoms with Crippen molar-refractivity contribution in [3.63, 3.8) is 0 Å². The molecule has 3 heteroatoms. The van der Waals surface area contributed by atoms with Crippen molar-refractivity contribution in [1.29, 1.82) is 0 Å². The lowest BCUT2D eigenvalue weighted by atomic mass is 9.95. The SMILES string of the molecule is CN(CC(C)(C)C)c1c(F)cccc1CN. The summed E-state index contributed by atoms with van der Waals surface area (Å²) in [5.41, 5.74) is 7.23. The standard InChI is InChI=1S/C13H21FN2/c1-13(2,3)9-16(4)12-10(8-15)6-5-7-11(12)14/h5-7H,8-9,15H2,1-4H3. The van der Waals surface area contributed by atoms with Gasteiger partial charge in [-0.05, 0) is 17.0 Å². The average Bonchev–Trinajstić information content (AvgIpc) is 2.14. The minimum absolute atomic E-state index is 0.128. The first kappa shape index (κ1) is 13.0. The van der Waals surface area contributed by atoms with Crippen LogP contribution in [0.4, 0.5) is 10.1 Å². The molecule has 0 aliphatic carbocycles. The van der Waals surface area contributed by atoms with E-state index in [0.29, 0.717) is 12.2 Å². The van der Waals surface area contributed by atoms with Gasteiger partial charge in [0.05, 0.1) is 5.69 Å². The van der Waals surface area contributed by atoms with Crippen LogP contribution in [0.25, 0.3) is 0 Å². The van der Waals surface area contributed by atoms with Crippen LogP contribution in [0.1, 0.15) is 26.3 Å². The molecular weight excluding hydrogens is 203 g/mol. The van der Waals surface area contributed by atoms with Gasteiger partial charge in [0.15, 0.2) is 0 Å². The van der Waals surface area contributed by atoms with Gasteiger partial charge in [0, 0.05) is 20.1 Å². The number of halogens is 1. The van der Waals surface area contributed by atoms with E-state index >= 15 is 0 Å². The maximum absolute atomic E-state index is 13.8. The maximum atomic E-state index is 13.8. The zero-order valence-corrected chi connectivity index (χ0v) is 10.5. The van der Waals surface area contributed by atoms with Gasteiger partial charge in [-0.3, -0.25) is 0 Å². The number of nitrogens with zero attached hydrogens (tertiary/aromatic N) is 1. The van der Waals surface area contributed by atoms with E-state index in [2.05, 4.69) is 20.8 Å². The highest BCUT2D eigenvalue weighted by Gasteiger charge is 2.18. The van der Waals surface area contributed by atoms with E-state index in [4.69, 9.17) is 5.73 Å². The van der Waals surface area contributed by atoms with Crippen molar-refractivity contribution in [2.45, 2.75) is 27.3 Å². The van der Waals surface area contributed by atoms with Gasteiger partial charge < -0.3 is 10.6 Å². The molecule has 0 unspecified atom stereocenters. The minimum atomic E-state index is -0.199. The predicted molar refractivity (Wildman–Crippen MR) is 67.0 cm³/mol. The van der Waals surface area contributed by atoms with Crippen LogP contribution in [-0.4, -0.2) is 13.6 Å². The van der Waals surface area contributed by atoms with Gasteiger partial charge in [-0.25, -0.2) is 4.39 Å². The summed E-state index contributed by atoms with van der Waals surface area (Å²) >= 11 is 0. The number of nitrogens with two attached hydrogens (primary N) is 1. The minimum Gasteiger partial charge on any atom is -0.371 e. The van der Waals surface area contributed by atoms with Gasteiger partial charge in [-0.15, -0.1) is 0 Å². The van der Waals surface area contributed by atoms with E-state index in [0.717, 1.165) is 12.1 Å². The highest BCUT2D eigenvalue weighted by atomic mass is 19.1. The summed E-state index contributed by atoms with van der Waals surface area (Å²) in [4.78, 5) is 1.94. The Labute approximate surface area is 97.3 Å². The molecule has 0 aromatic heterocycles. The molecule has 0 saturated carbocycles. The molecule has 0 spiro atoms. The Morgan fingerprint density at radius 3 is 2.44 bits per heavy atom. The number of anilines is 1. The molecule has 0 bridgehead atoms. The third-order valence-electron chi connectivity index (χ3n) is 2.38. The largest absolute Gasteiger partial charge is 0.371 e. The Hall–Kier alpha value is -1.09. The molecule has 1 rings (SSSR count). The third kappa shape index (κ3) is 3.20. The highest BCUT2D eigenvalue weighted by Crippen LogP contribution is 2.26. The number of rotatable bonds is 3. The number of hydrogen-bond donors (Lipinski definition) is 1. The van der Waals surface area contributed by atoms with Crippen molar-refractivity contribution in [2.75, 3.05) is 18.5 Å². The molecule has 0 radical (unpaired) electrons. The van der Waals surface area contributed by atoms with E-state index in [-0.39, 0.29) is 11.2 Å². The molecule has 0 fully saturated rings. The fourth-order valence-electron chi connectivity index (χ4n) is 1.94. The lowest BCUT2D eigenvalue weighted by Gasteiger charge is -2.29. The maximum Gasteiger partial charge on any atom is 0.146 e. The van der Waals surface area contributed by atoms with Crippen molar-refractivity contribution in [3.05, 3.63) is 29.6 Å². The molecule has 2 nitrogen and oxygen atoms in total. The Bertz CT molecular complexity index is 355. The van der Waals surface area contributed by atoms with Crippen LogP contribution in [0, 0.1) is 11.2 Å². The fourth-order valence-corrected chi connectivity index (χ4v) is 1.94. The second kappa shape index (κ2) is 4.83. The smallest absolute Gasteiger partial charge is 0.146 e. The second-order valence-corrected chi connectivity index (χ2v) is 5.37. The molecule has 0 atom stereocenters. The van der Waals surface area contributed by atoms with Gasteiger partial charge in [0.25, 0.3) is 0 Å². The molecule has 1 aromatic carbocycles. The van der Waals surface area contributed by atoms with Crippen molar-refractivity contribution >= 4 is 5.69 Å². The molecule has 1 aromatic rings. The zero-order chi connectivity index (χ0) is 12.3. The van der Waals surface area contributed by atoms with Gasteiger partial charge >= 0.3 is 0 Å². The summed E-state index contributed by atoms with van der Waals surface area (Å²) in [5.74, 6) is -0.199. The van der Waals surface area contributed by atoms with Crippen molar-refractivity contribution in [1.82, 2.24) is 0 Å². The molecule has 2 N–H and O–H groups in total. The Morgan fingerprint density at radius 2 is 1.94 bits per heavy atom. The number of benzene rings is 1.